The van der Waals surface area contributed by atoms with Gasteiger partial charge in [-0.15, -0.1) is 0 Å². The first kappa shape index (κ1) is 25.3. The molecule has 0 saturated carbocycles. The number of halogens is 3. The molecule has 0 bridgehead atoms. The molecule has 37 heavy (non-hydrogen) atoms. The number of rotatable bonds is 5. The minimum atomic E-state index is -4.46. The maximum absolute atomic E-state index is 13.7. The first-order valence-corrected chi connectivity index (χ1v) is 12.7. The Morgan fingerprint density at radius 3 is 2.35 bits per heavy atom. The van der Waals surface area contributed by atoms with E-state index in [2.05, 4.69) is 27.3 Å². The highest BCUT2D eigenvalue weighted by atomic mass is 19.4. The lowest BCUT2D eigenvalue weighted by atomic mass is 10.1. The summed E-state index contributed by atoms with van der Waals surface area (Å²) in [5.74, 6) is 1.51. The van der Waals surface area contributed by atoms with Crippen LogP contribution in [-0.4, -0.2) is 54.3 Å². The van der Waals surface area contributed by atoms with Gasteiger partial charge in [0.25, 0.3) is 0 Å². The molecule has 5 rings (SSSR count). The van der Waals surface area contributed by atoms with E-state index in [0.29, 0.717) is 37.6 Å². The minimum absolute atomic E-state index is 0.0342. The number of benzene rings is 1. The molecule has 1 saturated heterocycles. The highest BCUT2D eigenvalue weighted by Gasteiger charge is 2.36. The maximum Gasteiger partial charge on any atom is 0.419 e. The van der Waals surface area contributed by atoms with Gasteiger partial charge >= 0.3 is 6.18 Å². The van der Waals surface area contributed by atoms with E-state index in [0.717, 1.165) is 55.0 Å². The topological polar surface area (TPSA) is 66.4 Å². The normalized spacial score (nSPS) is 16.5. The number of nitrogens with zero attached hydrogens (tertiary/aromatic N) is 5. The lowest BCUT2D eigenvalue weighted by Gasteiger charge is -2.29. The number of alkyl halides is 3. The van der Waals surface area contributed by atoms with Crippen LogP contribution in [0.4, 0.5) is 36.2 Å². The fraction of sp³-hybridized carbons (Fsp3) is 0.444. The third-order valence-electron chi connectivity index (χ3n) is 6.77. The Morgan fingerprint density at radius 1 is 0.919 bits per heavy atom. The van der Waals surface area contributed by atoms with Crippen LogP contribution in [-0.2, 0) is 23.8 Å². The van der Waals surface area contributed by atoms with Crippen LogP contribution in [0.1, 0.15) is 42.4 Å². The van der Waals surface area contributed by atoms with E-state index in [1.54, 1.807) is 4.90 Å². The van der Waals surface area contributed by atoms with Gasteiger partial charge in [0.2, 0.25) is 0 Å². The number of fused-ring (bicyclic) bond motifs is 1. The Labute approximate surface area is 214 Å². The van der Waals surface area contributed by atoms with E-state index < -0.39 is 11.7 Å². The van der Waals surface area contributed by atoms with E-state index in [1.165, 1.54) is 12.3 Å². The van der Waals surface area contributed by atoms with Crippen molar-refractivity contribution in [2.24, 2.45) is 0 Å². The van der Waals surface area contributed by atoms with Crippen LogP contribution in [0, 0.1) is 0 Å². The predicted molar refractivity (Wildman–Crippen MR) is 138 cm³/mol. The van der Waals surface area contributed by atoms with Gasteiger partial charge < -0.3 is 19.9 Å². The minimum Gasteiger partial charge on any atom is -0.378 e. The van der Waals surface area contributed by atoms with Crippen molar-refractivity contribution in [3.8, 4) is 0 Å². The van der Waals surface area contributed by atoms with Gasteiger partial charge in [-0.05, 0) is 42.8 Å². The molecule has 0 aliphatic carbocycles. The van der Waals surface area contributed by atoms with E-state index in [1.807, 2.05) is 26.0 Å². The molecule has 4 heterocycles. The SMILES string of the molecule is CC(C)c1nc2c(c(Nc3ccc(N4CCOCC4)cc3)n1)CCN(c1ncccc1C(F)(F)F)CC2. The van der Waals surface area contributed by atoms with E-state index in [-0.39, 0.29) is 11.7 Å². The van der Waals surface area contributed by atoms with Crippen molar-refractivity contribution in [2.45, 2.75) is 38.8 Å². The molecule has 196 valence electrons. The molecular formula is C27H31F3N6O. The number of ether oxygens (including phenoxy) is 1. The average Bonchev–Trinajstić information content (AvgIpc) is 3.12. The molecule has 7 nitrogen and oxygen atoms in total. The highest BCUT2D eigenvalue weighted by molar-refractivity contribution is 5.64. The fourth-order valence-corrected chi connectivity index (χ4v) is 4.78. The van der Waals surface area contributed by atoms with Gasteiger partial charge in [-0.3, -0.25) is 0 Å². The smallest absolute Gasteiger partial charge is 0.378 e. The van der Waals surface area contributed by atoms with Gasteiger partial charge in [0.15, 0.2) is 0 Å². The van der Waals surface area contributed by atoms with Crippen LogP contribution in [0.2, 0.25) is 0 Å². The summed E-state index contributed by atoms with van der Waals surface area (Å²) in [6, 6.07) is 10.6. The van der Waals surface area contributed by atoms with Gasteiger partial charge in [-0.2, -0.15) is 13.2 Å². The number of morpholine rings is 1. The van der Waals surface area contributed by atoms with Crippen molar-refractivity contribution in [2.75, 3.05) is 54.5 Å². The zero-order valence-electron chi connectivity index (χ0n) is 21.1. The highest BCUT2D eigenvalue weighted by Crippen LogP contribution is 2.36. The molecule has 0 unspecified atom stereocenters. The summed E-state index contributed by atoms with van der Waals surface area (Å²) in [5.41, 5.74) is 3.14. The number of aromatic nitrogens is 3. The Hall–Kier alpha value is -3.40. The van der Waals surface area contributed by atoms with Gasteiger partial charge in [-0.1, -0.05) is 13.8 Å². The number of hydrogen-bond acceptors (Lipinski definition) is 7. The van der Waals surface area contributed by atoms with E-state index in [9.17, 15) is 13.2 Å². The van der Waals surface area contributed by atoms with Crippen LogP contribution in [0.3, 0.4) is 0 Å². The molecule has 0 amide bonds. The van der Waals surface area contributed by atoms with Gasteiger partial charge in [0.1, 0.15) is 17.5 Å². The maximum atomic E-state index is 13.7. The monoisotopic (exact) mass is 512 g/mol. The average molecular weight is 513 g/mol. The van der Waals surface area contributed by atoms with Crippen LogP contribution in [0.25, 0.3) is 0 Å². The standard InChI is InChI=1S/C27H31F3N6O/c1-18(2)24-33-23-10-13-36(26-22(27(28,29)30)4-3-11-31-26)12-9-21(23)25(34-24)32-19-5-7-20(8-6-19)35-14-16-37-17-15-35/h3-8,11,18H,9-10,12-17H2,1-2H3,(H,32,33,34). The van der Waals surface area contributed by atoms with Crippen LogP contribution in [0.5, 0.6) is 0 Å². The zero-order valence-corrected chi connectivity index (χ0v) is 21.1. The third-order valence-corrected chi connectivity index (χ3v) is 6.77. The molecule has 1 fully saturated rings. The summed E-state index contributed by atoms with van der Waals surface area (Å²) in [6.45, 7) is 8.05. The molecule has 3 aromatic rings. The van der Waals surface area contributed by atoms with Crippen molar-refractivity contribution in [1.29, 1.82) is 0 Å². The molecular weight excluding hydrogens is 481 g/mol. The fourth-order valence-electron chi connectivity index (χ4n) is 4.78. The summed E-state index contributed by atoms with van der Waals surface area (Å²) in [7, 11) is 0. The lowest BCUT2D eigenvalue weighted by Crippen LogP contribution is -2.36. The van der Waals surface area contributed by atoms with E-state index >= 15 is 0 Å². The molecule has 0 atom stereocenters. The summed E-state index contributed by atoms with van der Waals surface area (Å²) in [6.07, 6.45) is -2.04. The molecule has 2 aliphatic rings. The second-order valence-electron chi connectivity index (χ2n) is 9.64. The van der Waals surface area contributed by atoms with Gasteiger partial charge in [0.05, 0.1) is 24.5 Å². The van der Waals surface area contributed by atoms with Crippen molar-refractivity contribution >= 4 is 23.0 Å². The molecule has 1 aromatic carbocycles. The van der Waals surface area contributed by atoms with Crippen molar-refractivity contribution in [1.82, 2.24) is 15.0 Å². The molecule has 0 spiro atoms. The van der Waals surface area contributed by atoms with Crippen LogP contribution < -0.4 is 15.1 Å². The number of anilines is 4. The quantitative estimate of drug-likeness (QED) is 0.504. The van der Waals surface area contributed by atoms with Gasteiger partial charge in [-0.25, -0.2) is 15.0 Å². The number of pyridine rings is 1. The van der Waals surface area contributed by atoms with Crippen LogP contribution in [0.15, 0.2) is 42.6 Å². The molecule has 10 heteroatoms. The summed E-state index contributed by atoms with van der Waals surface area (Å²) >= 11 is 0. The lowest BCUT2D eigenvalue weighted by molar-refractivity contribution is -0.137. The first-order valence-electron chi connectivity index (χ1n) is 12.7. The third kappa shape index (κ3) is 5.64. The zero-order chi connectivity index (χ0) is 26.0. The molecule has 0 radical (unpaired) electrons. The van der Waals surface area contributed by atoms with Crippen molar-refractivity contribution in [3.05, 3.63) is 65.2 Å². The summed E-state index contributed by atoms with van der Waals surface area (Å²) < 4.78 is 46.4. The number of hydrogen-bond donors (Lipinski definition) is 1. The largest absolute Gasteiger partial charge is 0.419 e. The Kier molecular flexibility index (Phi) is 7.19. The summed E-state index contributed by atoms with van der Waals surface area (Å²) in [4.78, 5) is 17.7. The summed E-state index contributed by atoms with van der Waals surface area (Å²) in [5, 5.41) is 3.47. The number of nitrogens with one attached hydrogen (secondary N) is 1. The second kappa shape index (κ2) is 10.5. The first-order chi connectivity index (χ1) is 17.8. The predicted octanol–water partition coefficient (Wildman–Crippen LogP) is 5.20. The molecule has 2 aromatic heterocycles. The Balaban J connectivity index is 1.41. The molecule has 1 N–H and O–H groups in total. The Morgan fingerprint density at radius 2 is 1.65 bits per heavy atom. The van der Waals surface area contributed by atoms with Crippen molar-refractivity contribution < 1.29 is 17.9 Å². The second-order valence-corrected chi connectivity index (χ2v) is 9.64. The Bertz CT molecular complexity index is 1230. The molecule has 2 aliphatic heterocycles. The van der Waals surface area contributed by atoms with Crippen LogP contribution >= 0.6 is 0 Å². The van der Waals surface area contributed by atoms with Crippen molar-refractivity contribution in [3.63, 3.8) is 0 Å². The van der Waals surface area contributed by atoms with Gasteiger partial charge in [0, 0.05) is 61.7 Å². The van der Waals surface area contributed by atoms with E-state index in [4.69, 9.17) is 14.7 Å².